The molecule has 1 heterocycles. The topological polar surface area (TPSA) is 59.3 Å². The van der Waals surface area contributed by atoms with Gasteiger partial charge in [0.1, 0.15) is 5.76 Å². The van der Waals surface area contributed by atoms with Gasteiger partial charge in [-0.15, -0.1) is 0 Å². The van der Waals surface area contributed by atoms with Gasteiger partial charge >= 0.3 is 6.18 Å². The van der Waals surface area contributed by atoms with Crippen LogP contribution in [0.3, 0.4) is 0 Å². The fourth-order valence-electron chi connectivity index (χ4n) is 3.20. The van der Waals surface area contributed by atoms with Crippen molar-refractivity contribution in [1.29, 1.82) is 0 Å². The van der Waals surface area contributed by atoms with Crippen molar-refractivity contribution in [1.82, 2.24) is 5.32 Å². The minimum atomic E-state index is -4.45. The van der Waals surface area contributed by atoms with Gasteiger partial charge in [-0.3, -0.25) is 9.59 Å². The molecule has 1 N–H and O–H groups in total. The smallest absolute Gasteiger partial charge is 0.416 e. The third-order valence-electron chi connectivity index (χ3n) is 4.57. The number of fused-ring (bicyclic) bond motifs is 1. The second kappa shape index (κ2) is 6.63. The maximum Gasteiger partial charge on any atom is 0.416 e. The van der Waals surface area contributed by atoms with Crippen LogP contribution < -0.4 is 5.32 Å². The van der Waals surface area contributed by atoms with E-state index in [1.54, 1.807) is 13.8 Å². The molecule has 0 spiro atoms. The number of furan rings is 1. The van der Waals surface area contributed by atoms with Crippen LogP contribution in [0.25, 0.3) is 0 Å². The Morgan fingerprint density at radius 2 is 2.00 bits per heavy atom. The summed E-state index contributed by atoms with van der Waals surface area (Å²) in [5, 5.41) is 2.64. The number of rotatable bonds is 3. The van der Waals surface area contributed by atoms with E-state index in [0.29, 0.717) is 41.7 Å². The third-order valence-corrected chi connectivity index (χ3v) is 4.57. The van der Waals surface area contributed by atoms with Crippen LogP contribution in [0.2, 0.25) is 0 Å². The Bertz CT molecular complexity index is 867. The van der Waals surface area contributed by atoms with E-state index in [4.69, 9.17) is 4.42 Å². The number of carbonyl (C=O) groups is 2. The molecule has 0 aliphatic heterocycles. The summed E-state index contributed by atoms with van der Waals surface area (Å²) in [7, 11) is 0. The number of alkyl halides is 3. The van der Waals surface area contributed by atoms with E-state index in [1.165, 1.54) is 12.1 Å². The Morgan fingerprint density at radius 1 is 1.27 bits per heavy atom. The summed E-state index contributed by atoms with van der Waals surface area (Å²) in [6.07, 6.45) is -2.75. The number of nitrogens with one attached hydrogen (secondary N) is 1. The molecule has 1 amide bonds. The second-order valence-electron chi connectivity index (χ2n) is 6.45. The summed E-state index contributed by atoms with van der Waals surface area (Å²) in [4.78, 5) is 24.5. The van der Waals surface area contributed by atoms with Crippen molar-refractivity contribution in [2.24, 2.45) is 0 Å². The van der Waals surface area contributed by atoms with Crippen molar-refractivity contribution in [3.05, 3.63) is 58.0 Å². The molecule has 2 aromatic rings. The van der Waals surface area contributed by atoms with E-state index in [2.05, 4.69) is 5.32 Å². The molecule has 7 heteroatoms. The van der Waals surface area contributed by atoms with Gasteiger partial charge in [-0.25, -0.2) is 0 Å². The van der Waals surface area contributed by atoms with E-state index in [-0.39, 0.29) is 11.5 Å². The van der Waals surface area contributed by atoms with Gasteiger partial charge in [0, 0.05) is 18.4 Å². The van der Waals surface area contributed by atoms with Crippen LogP contribution in [-0.4, -0.2) is 11.7 Å². The van der Waals surface area contributed by atoms with Gasteiger partial charge in [-0.2, -0.15) is 13.2 Å². The Morgan fingerprint density at radius 3 is 2.65 bits per heavy atom. The molecule has 0 saturated heterocycles. The highest BCUT2D eigenvalue weighted by Crippen LogP contribution is 2.32. The lowest BCUT2D eigenvalue weighted by Crippen LogP contribution is -2.27. The van der Waals surface area contributed by atoms with Gasteiger partial charge in [0.2, 0.25) is 0 Å². The summed E-state index contributed by atoms with van der Waals surface area (Å²) >= 11 is 0. The van der Waals surface area contributed by atoms with Gasteiger partial charge in [-0.1, -0.05) is 12.1 Å². The van der Waals surface area contributed by atoms with E-state index in [9.17, 15) is 22.8 Å². The highest BCUT2D eigenvalue weighted by molar-refractivity contribution is 6.03. The number of benzene rings is 1. The number of carbonyl (C=O) groups excluding carboxylic acids is 2. The molecule has 1 aromatic carbocycles. The molecule has 1 aliphatic rings. The van der Waals surface area contributed by atoms with Crippen LogP contribution in [0.5, 0.6) is 0 Å². The monoisotopic (exact) mass is 365 g/mol. The van der Waals surface area contributed by atoms with Gasteiger partial charge in [0.05, 0.1) is 17.2 Å². The molecule has 1 atom stereocenters. The molecule has 0 fully saturated rings. The zero-order chi connectivity index (χ0) is 19.1. The van der Waals surface area contributed by atoms with Gasteiger partial charge in [-0.05, 0) is 38.0 Å². The molecule has 0 radical (unpaired) electrons. The first kappa shape index (κ1) is 18.2. The van der Waals surface area contributed by atoms with Gasteiger partial charge < -0.3 is 9.73 Å². The number of hydrogen-bond acceptors (Lipinski definition) is 3. The summed E-state index contributed by atoms with van der Waals surface area (Å²) < 4.78 is 44.1. The average Bonchev–Trinajstić information content (AvgIpc) is 2.92. The molecule has 0 saturated carbocycles. The lowest BCUT2D eigenvalue weighted by atomic mass is 9.94. The molecule has 1 aromatic heterocycles. The van der Waals surface area contributed by atoms with Crippen molar-refractivity contribution < 1.29 is 27.2 Å². The molecule has 3 rings (SSSR count). The van der Waals surface area contributed by atoms with Crippen molar-refractivity contribution in [2.45, 2.75) is 45.3 Å². The highest BCUT2D eigenvalue weighted by atomic mass is 19.4. The predicted molar refractivity (Wildman–Crippen MR) is 88.0 cm³/mol. The minimum absolute atomic E-state index is 0.0440. The number of Topliss-reactive ketones (excluding diaryl/α,β-unsaturated/α-hetero) is 1. The van der Waals surface area contributed by atoms with E-state index < -0.39 is 23.7 Å². The number of hydrogen-bond donors (Lipinski definition) is 1. The van der Waals surface area contributed by atoms with E-state index >= 15 is 0 Å². The van der Waals surface area contributed by atoms with Crippen LogP contribution in [0.1, 0.15) is 69.2 Å². The van der Waals surface area contributed by atoms with Crippen LogP contribution in [-0.2, 0) is 12.6 Å². The number of aryl methyl sites for hydroxylation is 1. The van der Waals surface area contributed by atoms with Gasteiger partial charge in [0.25, 0.3) is 5.91 Å². The Labute approximate surface area is 148 Å². The molecule has 0 bridgehead atoms. The predicted octanol–water partition coefficient (Wildman–Crippen LogP) is 4.62. The van der Waals surface area contributed by atoms with Crippen LogP contribution in [0.15, 0.2) is 28.7 Å². The lowest BCUT2D eigenvalue weighted by Gasteiger charge is -2.15. The first-order valence-electron chi connectivity index (χ1n) is 8.32. The average molecular weight is 365 g/mol. The molecule has 4 nitrogen and oxygen atoms in total. The molecular formula is C19H18F3NO3. The third kappa shape index (κ3) is 3.38. The number of halogens is 3. The molecule has 138 valence electrons. The Kier molecular flexibility index (Phi) is 4.64. The molecule has 1 aliphatic carbocycles. The molecule has 0 unspecified atom stereocenters. The first-order chi connectivity index (χ1) is 12.2. The lowest BCUT2D eigenvalue weighted by molar-refractivity contribution is -0.137. The molecule has 26 heavy (non-hydrogen) atoms. The normalized spacial score (nSPS) is 15.5. The van der Waals surface area contributed by atoms with E-state index in [0.717, 1.165) is 12.1 Å². The second-order valence-corrected chi connectivity index (χ2v) is 6.45. The number of ketones is 1. The summed E-state index contributed by atoms with van der Waals surface area (Å²) in [6, 6.07) is 4.16. The van der Waals surface area contributed by atoms with Crippen LogP contribution in [0.4, 0.5) is 13.2 Å². The van der Waals surface area contributed by atoms with Gasteiger partial charge in [0.15, 0.2) is 11.5 Å². The fourth-order valence-corrected chi connectivity index (χ4v) is 3.20. The zero-order valence-electron chi connectivity index (χ0n) is 14.4. The first-order valence-corrected chi connectivity index (χ1v) is 8.32. The Hall–Kier alpha value is -2.57. The fraction of sp³-hybridized carbons (Fsp3) is 0.368. The number of amides is 1. The largest absolute Gasteiger partial charge is 0.455 e. The summed E-state index contributed by atoms with van der Waals surface area (Å²) in [5.74, 6) is -0.0354. The van der Waals surface area contributed by atoms with E-state index in [1.807, 2.05) is 0 Å². The zero-order valence-corrected chi connectivity index (χ0v) is 14.4. The highest BCUT2D eigenvalue weighted by Gasteiger charge is 2.32. The van der Waals surface area contributed by atoms with Crippen molar-refractivity contribution in [2.75, 3.05) is 0 Å². The van der Waals surface area contributed by atoms with Crippen LogP contribution in [0, 0.1) is 6.92 Å². The molecular weight excluding hydrogens is 347 g/mol. The van der Waals surface area contributed by atoms with Crippen LogP contribution >= 0.6 is 0 Å². The quantitative estimate of drug-likeness (QED) is 0.864. The minimum Gasteiger partial charge on any atom is -0.455 e. The van der Waals surface area contributed by atoms with Crippen molar-refractivity contribution >= 4 is 11.7 Å². The summed E-state index contributed by atoms with van der Waals surface area (Å²) in [5.41, 5.74) is 0.510. The summed E-state index contributed by atoms with van der Waals surface area (Å²) in [6.45, 7) is 3.24. The standard InChI is InChI=1S/C19H18F3NO3/c1-10-16-14(24)7-4-8-15(16)26-17(10)18(25)23-11(2)12-5-3-6-13(9-12)19(20,21)22/h3,5-6,9,11H,4,7-8H2,1-2H3,(H,23,25)/t11-/m1/s1. The maximum absolute atomic E-state index is 12.8. The Balaban J connectivity index is 1.82. The van der Waals surface area contributed by atoms with Crippen molar-refractivity contribution in [3.63, 3.8) is 0 Å². The SMILES string of the molecule is Cc1c(C(=O)N[C@H](C)c2cccc(C(F)(F)F)c2)oc2c1C(=O)CCC2. The maximum atomic E-state index is 12.8. The van der Waals surface area contributed by atoms with Crippen molar-refractivity contribution in [3.8, 4) is 0 Å².